The summed E-state index contributed by atoms with van der Waals surface area (Å²) >= 11 is 0. The van der Waals surface area contributed by atoms with Crippen LogP contribution < -0.4 is 5.73 Å². The van der Waals surface area contributed by atoms with Crippen LogP contribution in [0, 0.1) is 0 Å². The van der Waals surface area contributed by atoms with E-state index < -0.39 is 0 Å². The highest BCUT2D eigenvalue weighted by atomic mass is 16.2. The van der Waals surface area contributed by atoms with Crippen molar-refractivity contribution in [3.8, 4) is 0 Å². The molecule has 0 spiro atoms. The molecule has 2 rings (SSSR count). The molecular weight excluding hydrogens is 250 g/mol. The summed E-state index contributed by atoms with van der Waals surface area (Å²) in [4.78, 5) is 16.5. The fourth-order valence-electron chi connectivity index (χ4n) is 2.60. The molecule has 0 aliphatic carbocycles. The van der Waals surface area contributed by atoms with Crippen LogP contribution >= 0.6 is 0 Å². The molecule has 4 heteroatoms. The van der Waals surface area contributed by atoms with Crippen LogP contribution in [0.4, 0.5) is 5.69 Å². The summed E-state index contributed by atoms with van der Waals surface area (Å²) in [5.41, 5.74) is 7.67. The van der Waals surface area contributed by atoms with Gasteiger partial charge in [-0.1, -0.05) is 19.1 Å². The highest BCUT2D eigenvalue weighted by molar-refractivity contribution is 5.78. The first-order valence-corrected chi connectivity index (χ1v) is 7.53. The van der Waals surface area contributed by atoms with Gasteiger partial charge in [0.05, 0.1) is 6.54 Å². The first kappa shape index (κ1) is 14.9. The summed E-state index contributed by atoms with van der Waals surface area (Å²) in [6.07, 6.45) is 3.55. The Kier molecular flexibility index (Phi) is 5.41. The largest absolute Gasteiger partial charge is 0.399 e. The van der Waals surface area contributed by atoms with Crippen LogP contribution in [0.25, 0.3) is 0 Å². The van der Waals surface area contributed by atoms with Crippen molar-refractivity contribution in [2.45, 2.75) is 32.7 Å². The van der Waals surface area contributed by atoms with E-state index in [2.05, 4.69) is 11.8 Å². The molecule has 0 radical (unpaired) electrons. The SMILES string of the molecule is CCN(CC(=O)N1CCCCC1)Cc1ccc(N)cc1. The molecule has 1 aliphatic rings. The van der Waals surface area contributed by atoms with Gasteiger partial charge in [-0.2, -0.15) is 0 Å². The molecule has 110 valence electrons. The molecule has 0 atom stereocenters. The second kappa shape index (κ2) is 7.29. The van der Waals surface area contributed by atoms with E-state index in [-0.39, 0.29) is 5.91 Å². The Morgan fingerprint density at radius 2 is 1.85 bits per heavy atom. The molecule has 1 aromatic carbocycles. The Morgan fingerprint density at radius 1 is 1.20 bits per heavy atom. The van der Waals surface area contributed by atoms with Gasteiger partial charge in [-0.05, 0) is 43.5 Å². The standard InChI is InChI=1S/C16H25N3O/c1-2-18(12-14-6-8-15(17)9-7-14)13-16(20)19-10-4-3-5-11-19/h6-9H,2-5,10-13,17H2,1H3. The van der Waals surface area contributed by atoms with E-state index in [9.17, 15) is 4.79 Å². The van der Waals surface area contributed by atoms with Gasteiger partial charge >= 0.3 is 0 Å². The van der Waals surface area contributed by atoms with Crippen molar-refractivity contribution in [3.63, 3.8) is 0 Å². The third-order valence-corrected chi connectivity index (χ3v) is 3.90. The van der Waals surface area contributed by atoms with E-state index in [4.69, 9.17) is 5.73 Å². The molecule has 2 N–H and O–H groups in total. The Bertz CT molecular complexity index is 424. The second-order valence-electron chi connectivity index (χ2n) is 5.49. The molecule has 1 saturated heterocycles. The number of likely N-dealkylation sites (N-methyl/N-ethyl adjacent to an activating group) is 1. The Balaban J connectivity index is 1.87. The lowest BCUT2D eigenvalue weighted by Crippen LogP contribution is -2.42. The first-order valence-electron chi connectivity index (χ1n) is 7.53. The van der Waals surface area contributed by atoms with Crippen molar-refractivity contribution < 1.29 is 4.79 Å². The average molecular weight is 275 g/mol. The molecule has 4 nitrogen and oxygen atoms in total. The lowest BCUT2D eigenvalue weighted by molar-refractivity contribution is -0.133. The Hall–Kier alpha value is -1.55. The molecular formula is C16H25N3O. The van der Waals surface area contributed by atoms with E-state index in [0.717, 1.165) is 44.7 Å². The van der Waals surface area contributed by atoms with Gasteiger partial charge in [0.15, 0.2) is 0 Å². The highest BCUT2D eigenvalue weighted by Crippen LogP contribution is 2.11. The number of hydrogen-bond donors (Lipinski definition) is 1. The summed E-state index contributed by atoms with van der Waals surface area (Å²) in [6.45, 7) is 6.15. The Labute approximate surface area is 121 Å². The molecule has 1 aliphatic heterocycles. The van der Waals surface area contributed by atoms with Gasteiger partial charge in [0.25, 0.3) is 0 Å². The number of anilines is 1. The highest BCUT2D eigenvalue weighted by Gasteiger charge is 2.18. The number of likely N-dealkylation sites (tertiary alicyclic amines) is 1. The van der Waals surface area contributed by atoms with Crippen LogP contribution in [0.2, 0.25) is 0 Å². The molecule has 0 unspecified atom stereocenters. The third kappa shape index (κ3) is 4.23. The minimum Gasteiger partial charge on any atom is -0.399 e. The third-order valence-electron chi connectivity index (χ3n) is 3.90. The number of carbonyl (C=O) groups is 1. The minimum atomic E-state index is 0.266. The number of piperidine rings is 1. The maximum Gasteiger partial charge on any atom is 0.236 e. The molecule has 1 fully saturated rings. The van der Waals surface area contributed by atoms with Crippen molar-refractivity contribution in [2.24, 2.45) is 0 Å². The number of hydrogen-bond acceptors (Lipinski definition) is 3. The molecule has 1 aromatic rings. The molecule has 1 heterocycles. The van der Waals surface area contributed by atoms with Crippen molar-refractivity contribution >= 4 is 11.6 Å². The average Bonchev–Trinajstić information content (AvgIpc) is 2.49. The topological polar surface area (TPSA) is 49.6 Å². The van der Waals surface area contributed by atoms with Crippen LogP contribution in [-0.4, -0.2) is 41.9 Å². The van der Waals surface area contributed by atoms with E-state index in [1.165, 1.54) is 12.0 Å². The van der Waals surface area contributed by atoms with Crippen molar-refractivity contribution in [3.05, 3.63) is 29.8 Å². The predicted molar refractivity (Wildman–Crippen MR) is 82.2 cm³/mol. The van der Waals surface area contributed by atoms with Crippen LogP contribution in [0.5, 0.6) is 0 Å². The Morgan fingerprint density at radius 3 is 2.45 bits per heavy atom. The normalized spacial score (nSPS) is 15.6. The second-order valence-corrected chi connectivity index (χ2v) is 5.49. The van der Waals surface area contributed by atoms with E-state index in [1.807, 2.05) is 29.2 Å². The number of nitrogens with two attached hydrogens (primary N) is 1. The number of amides is 1. The zero-order chi connectivity index (χ0) is 14.4. The van der Waals surface area contributed by atoms with E-state index >= 15 is 0 Å². The summed E-state index contributed by atoms with van der Waals surface area (Å²) in [6, 6.07) is 7.89. The quantitative estimate of drug-likeness (QED) is 0.837. The van der Waals surface area contributed by atoms with E-state index in [1.54, 1.807) is 0 Å². The van der Waals surface area contributed by atoms with Crippen molar-refractivity contribution in [2.75, 3.05) is 31.9 Å². The lowest BCUT2D eigenvalue weighted by atomic mass is 10.1. The van der Waals surface area contributed by atoms with Gasteiger partial charge in [-0.25, -0.2) is 0 Å². The summed E-state index contributed by atoms with van der Waals surface area (Å²) < 4.78 is 0. The predicted octanol–water partition coefficient (Wildman–Crippen LogP) is 2.10. The van der Waals surface area contributed by atoms with Crippen LogP contribution in [0.15, 0.2) is 24.3 Å². The van der Waals surface area contributed by atoms with E-state index in [0.29, 0.717) is 6.54 Å². The van der Waals surface area contributed by atoms with Gasteiger partial charge in [-0.15, -0.1) is 0 Å². The lowest BCUT2D eigenvalue weighted by Gasteiger charge is -2.29. The molecule has 0 aromatic heterocycles. The number of nitrogens with zero attached hydrogens (tertiary/aromatic N) is 2. The molecule has 0 bridgehead atoms. The molecule has 0 saturated carbocycles. The number of carbonyl (C=O) groups excluding carboxylic acids is 1. The number of benzene rings is 1. The van der Waals surface area contributed by atoms with Gasteiger partial charge in [-0.3, -0.25) is 9.69 Å². The van der Waals surface area contributed by atoms with Gasteiger partial charge in [0.1, 0.15) is 0 Å². The molecule has 20 heavy (non-hydrogen) atoms. The maximum atomic E-state index is 12.3. The fourth-order valence-corrected chi connectivity index (χ4v) is 2.60. The van der Waals surface area contributed by atoms with Crippen molar-refractivity contribution in [1.82, 2.24) is 9.80 Å². The van der Waals surface area contributed by atoms with Gasteiger partial charge in [0.2, 0.25) is 5.91 Å². The fraction of sp³-hybridized carbons (Fsp3) is 0.562. The van der Waals surface area contributed by atoms with Crippen molar-refractivity contribution in [1.29, 1.82) is 0 Å². The minimum absolute atomic E-state index is 0.266. The monoisotopic (exact) mass is 275 g/mol. The van der Waals surface area contributed by atoms with Crippen LogP contribution in [0.3, 0.4) is 0 Å². The maximum absolute atomic E-state index is 12.3. The summed E-state index contributed by atoms with van der Waals surface area (Å²) in [7, 11) is 0. The summed E-state index contributed by atoms with van der Waals surface area (Å²) in [5.74, 6) is 0.266. The van der Waals surface area contributed by atoms with Gasteiger partial charge < -0.3 is 10.6 Å². The zero-order valence-electron chi connectivity index (χ0n) is 12.3. The smallest absolute Gasteiger partial charge is 0.236 e. The summed E-state index contributed by atoms with van der Waals surface area (Å²) in [5, 5.41) is 0. The van der Waals surface area contributed by atoms with Crippen LogP contribution in [0.1, 0.15) is 31.7 Å². The van der Waals surface area contributed by atoms with Crippen LogP contribution in [-0.2, 0) is 11.3 Å². The van der Waals surface area contributed by atoms with Gasteiger partial charge in [0, 0.05) is 25.3 Å². The first-order chi connectivity index (χ1) is 9.69. The zero-order valence-corrected chi connectivity index (χ0v) is 12.3. The number of nitrogen functional groups attached to an aromatic ring is 1. The number of rotatable bonds is 5. The molecule has 1 amide bonds.